The molecule has 30 heavy (non-hydrogen) atoms. The van der Waals surface area contributed by atoms with Crippen molar-refractivity contribution in [2.45, 2.75) is 104 Å². The lowest BCUT2D eigenvalue weighted by molar-refractivity contribution is -0.272. The lowest BCUT2D eigenvalue weighted by Crippen LogP contribution is -2.57. The predicted molar refractivity (Wildman–Crippen MR) is 117 cm³/mol. The van der Waals surface area contributed by atoms with E-state index in [1.807, 2.05) is 0 Å². The summed E-state index contributed by atoms with van der Waals surface area (Å²) in [6.07, 6.45) is 12.6. The molecule has 2 heterocycles. The molecule has 2 saturated heterocycles. The van der Waals surface area contributed by atoms with Gasteiger partial charge in [0.1, 0.15) is 5.78 Å². The second-order valence-corrected chi connectivity index (χ2v) is 12.8. The summed E-state index contributed by atoms with van der Waals surface area (Å²) < 4.78 is 13.2. The molecule has 0 radical (unpaired) electrons. The summed E-state index contributed by atoms with van der Waals surface area (Å²) in [6, 6.07) is 0. The first-order valence-electron chi connectivity index (χ1n) is 13.1. The number of carbonyl (C=O) groups is 1. The number of ketones is 1. The van der Waals surface area contributed by atoms with Gasteiger partial charge >= 0.3 is 0 Å². The molecule has 0 N–H and O–H groups in total. The molecule has 168 valence electrons. The fourth-order valence-electron chi connectivity index (χ4n) is 9.99. The molecule has 4 saturated carbocycles. The molecule has 0 aromatic heterocycles. The van der Waals surface area contributed by atoms with E-state index < -0.39 is 5.79 Å². The summed E-state index contributed by atoms with van der Waals surface area (Å²) in [5, 5.41) is 0. The first-order valence-corrected chi connectivity index (χ1v) is 13.1. The van der Waals surface area contributed by atoms with Gasteiger partial charge in [0.25, 0.3) is 0 Å². The molecular formula is C27H42O3. The van der Waals surface area contributed by atoms with Crippen LogP contribution >= 0.6 is 0 Å². The van der Waals surface area contributed by atoms with Crippen LogP contribution in [0, 0.1) is 52.3 Å². The lowest BCUT2D eigenvalue weighted by atomic mass is 9.44. The van der Waals surface area contributed by atoms with Crippen LogP contribution in [0.25, 0.3) is 0 Å². The van der Waals surface area contributed by atoms with Crippen molar-refractivity contribution >= 4 is 5.78 Å². The highest BCUT2D eigenvalue weighted by Crippen LogP contribution is 2.70. The van der Waals surface area contributed by atoms with Gasteiger partial charge in [-0.25, -0.2) is 0 Å². The quantitative estimate of drug-likeness (QED) is 0.487. The Kier molecular flexibility index (Phi) is 4.42. The van der Waals surface area contributed by atoms with Crippen LogP contribution in [-0.2, 0) is 14.3 Å². The zero-order valence-electron chi connectivity index (χ0n) is 19.6. The fraction of sp³-hybridized carbons (Fsp3) is 0.963. The molecule has 6 aliphatic rings. The lowest BCUT2D eigenvalue weighted by Gasteiger charge is -2.60. The molecule has 2 aliphatic heterocycles. The molecule has 4 aliphatic carbocycles. The molecule has 11 atom stereocenters. The first kappa shape index (κ1) is 20.2. The van der Waals surface area contributed by atoms with Crippen molar-refractivity contribution in [1.29, 1.82) is 0 Å². The summed E-state index contributed by atoms with van der Waals surface area (Å²) >= 11 is 0. The van der Waals surface area contributed by atoms with Crippen molar-refractivity contribution in [3.8, 4) is 0 Å². The number of hydrogen-bond donors (Lipinski definition) is 0. The Labute approximate surface area is 183 Å². The van der Waals surface area contributed by atoms with Gasteiger partial charge in [0.05, 0.1) is 12.7 Å². The molecule has 0 aromatic rings. The van der Waals surface area contributed by atoms with Gasteiger partial charge in [-0.1, -0.05) is 40.5 Å². The van der Waals surface area contributed by atoms with Crippen molar-refractivity contribution in [1.82, 2.24) is 0 Å². The minimum Gasteiger partial charge on any atom is -0.349 e. The number of fused-ring (bicyclic) bond motifs is 7. The van der Waals surface area contributed by atoms with Crippen LogP contribution < -0.4 is 0 Å². The van der Waals surface area contributed by atoms with E-state index in [1.165, 1.54) is 44.9 Å². The monoisotopic (exact) mass is 414 g/mol. The Morgan fingerprint density at radius 1 is 0.967 bits per heavy atom. The van der Waals surface area contributed by atoms with Crippen LogP contribution in [0.5, 0.6) is 0 Å². The second-order valence-electron chi connectivity index (χ2n) is 12.8. The SMILES string of the molecule is CC1CCC2(OC1)OC1CC3C4CCC5CCCC[C@]5(C)C4CC(=O)[C@]3(C)C1C2C. The molecule has 6 fully saturated rings. The van der Waals surface area contributed by atoms with E-state index in [1.54, 1.807) is 0 Å². The van der Waals surface area contributed by atoms with Crippen molar-refractivity contribution in [3.63, 3.8) is 0 Å². The maximum atomic E-state index is 14.0. The Hall–Kier alpha value is -0.410. The highest BCUT2D eigenvalue weighted by molar-refractivity contribution is 5.87. The Morgan fingerprint density at radius 3 is 2.57 bits per heavy atom. The normalized spacial score (nSPS) is 60.1. The Morgan fingerprint density at radius 2 is 1.80 bits per heavy atom. The Bertz CT molecular complexity index is 724. The van der Waals surface area contributed by atoms with E-state index in [0.717, 1.165) is 37.7 Å². The molecule has 1 spiro atoms. The summed E-state index contributed by atoms with van der Waals surface area (Å²) in [7, 11) is 0. The minimum atomic E-state index is -0.417. The van der Waals surface area contributed by atoms with E-state index in [4.69, 9.17) is 9.47 Å². The number of Topliss-reactive ketones (excluding diaryl/α,β-unsaturated/α-hetero) is 1. The number of rotatable bonds is 0. The maximum absolute atomic E-state index is 14.0. The van der Waals surface area contributed by atoms with E-state index in [2.05, 4.69) is 27.7 Å². The maximum Gasteiger partial charge on any atom is 0.171 e. The molecule has 0 bridgehead atoms. The summed E-state index contributed by atoms with van der Waals surface area (Å²) in [5.41, 5.74) is 0.214. The zero-order chi connectivity index (χ0) is 20.9. The minimum absolute atomic E-state index is 0.195. The molecule has 3 nitrogen and oxygen atoms in total. The van der Waals surface area contributed by atoms with Gasteiger partial charge in [-0.2, -0.15) is 0 Å². The van der Waals surface area contributed by atoms with E-state index in [9.17, 15) is 4.79 Å². The van der Waals surface area contributed by atoms with Crippen LogP contribution in [0.1, 0.15) is 91.9 Å². The van der Waals surface area contributed by atoms with Crippen LogP contribution in [0.3, 0.4) is 0 Å². The van der Waals surface area contributed by atoms with Crippen molar-refractivity contribution in [2.75, 3.05) is 6.61 Å². The van der Waals surface area contributed by atoms with Gasteiger partial charge < -0.3 is 9.47 Å². The standard InChI is InChI=1S/C27H42O3/c1-16-10-12-27(29-15-16)17(2)24-22(30-27)13-21-19-9-8-18-7-5-6-11-25(18,3)20(19)14-23(28)26(21,24)4/h16-22,24H,5-15H2,1-4H3/t16?,17?,18?,19?,20?,21?,22?,24?,25-,26+,27?/m0/s1. The molecule has 9 unspecified atom stereocenters. The predicted octanol–water partition coefficient (Wildman–Crippen LogP) is 6.00. The molecule has 0 amide bonds. The molecule has 0 aromatic carbocycles. The topological polar surface area (TPSA) is 35.5 Å². The summed E-state index contributed by atoms with van der Waals surface area (Å²) in [6.45, 7) is 10.3. The van der Waals surface area contributed by atoms with Gasteiger partial charge in [-0.15, -0.1) is 0 Å². The number of carbonyl (C=O) groups excluding carboxylic acids is 1. The molecule has 6 rings (SSSR count). The van der Waals surface area contributed by atoms with Crippen LogP contribution in [-0.4, -0.2) is 24.3 Å². The first-order chi connectivity index (χ1) is 14.3. The van der Waals surface area contributed by atoms with Crippen LogP contribution in [0.15, 0.2) is 0 Å². The average Bonchev–Trinajstić information content (AvgIpc) is 3.17. The number of hydrogen-bond acceptors (Lipinski definition) is 3. The summed E-state index contributed by atoms with van der Waals surface area (Å²) in [4.78, 5) is 14.0. The van der Waals surface area contributed by atoms with E-state index in [-0.39, 0.29) is 11.5 Å². The smallest absolute Gasteiger partial charge is 0.171 e. The third-order valence-corrected chi connectivity index (χ3v) is 11.7. The van der Waals surface area contributed by atoms with Crippen molar-refractivity contribution < 1.29 is 14.3 Å². The van der Waals surface area contributed by atoms with Gasteiger partial charge in [-0.3, -0.25) is 4.79 Å². The summed E-state index contributed by atoms with van der Waals surface area (Å²) in [5.74, 6) is 4.20. The fourth-order valence-corrected chi connectivity index (χ4v) is 9.99. The highest BCUT2D eigenvalue weighted by Gasteiger charge is 2.71. The van der Waals surface area contributed by atoms with Crippen LogP contribution in [0.2, 0.25) is 0 Å². The Balaban J connectivity index is 1.31. The van der Waals surface area contributed by atoms with Gasteiger partial charge in [0.2, 0.25) is 0 Å². The van der Waals surface area contributed by atoms with Gasteiger partial charge in [0, 0.05) is 30.1 Å². The third kappa shape index (κ3) is 2.43. The zero-order valence-corrected chi connectivity index (χ0v) is 19.6. The van der Waals surface area contributed by atoms with Crippen molar-refractivity contribution in [2.24, 2.45) is 52.3 Å². The van der Waals surface area contributed by atoms with Crippen molar-refractivity contribution in [3.05, 3.63) is 0 Å². The largest absolute Gasteiger partial charge is 0.349 e. The molecule has 3 heteroatoms. The van der Waals surface area contributed by atoms with Gasteiger partial charge in [0.15, 0.2) is 5.79 Å². The van der Waals surface area contributed by atoms with E-state index >= 15 is 0 Å². The van der Waals surface area contributed by atoms with Crippen LogP contribution in [0.4, 0.5) is 0 Å². The third-order valence-electron chi connectivity index (χ3n) is 11.7. The second kappa shape index (κ2) is 6.56. The average molecular weight is 415 g/mol. The number of ether oxygens (including phenoxy) is 2. The highest BCUT2D eigenvalue weighted by atomic mass is 16.7. The molecular weight excluding hydrogens is 372 g/mol. The van der Waals surface area contributed by atoms with E-state index in [0.29, 0.717) is 40.8 Å². The van der Waals surface area contributed by atoms with Gasteiger partial charge in [-0.05, 0) is 73.5 Å².